The second kappa shape index (κ2) is 11.0. The summed E-state index contributed by atoms with van der Waals surface area (Å²) in [5.74, 6) is 2.53. The Morgan fingerprint density at radius 3 is 2.69 bits per heavy atom. The van der Waals surface area contributed by atoms with Crippen LogP contribution in [0.15, 0.2) is 57.9 Å². The van der Waals surface area contributed by atoms with Crippen LogP contribution in [-0.4, -0.2) is 57.4 Å². The number of hydrogen-bond acceptors (Lipinski definition) is 5. The second-order valence-electron chi connectivity index (χ2n) is 7.88. The van der Waals surface area contributed by atoms with Crippen LogP contribution in [0.4, 0.5) is 0 Å². The van der Waals surface area contributed by atoms with Crippen molar-refractivity contribution >= 4 is 16.9 Å². The molecule has 1 aliphatic rings. The normalized spacial score (nSPS) is 15.1. The highest BCUT2D eigenvalue weighted by atomic mass is 16.5. The highest BCUT2D eigenvalue weighted by molar-refractivity contribution is 5.82. The summed E-state index contributed by atoms with van der Waals surface area (Å²) in [4.78, 5) is 6.70. The molecule has 2 aromatic carbocycles. The highest BCUT2D eigenvalue weighted by Crippen LogP contribution is 2.24. The van der Waals surface area contributed by atoms with Crippen molar-refractivity contribution in [2.45, 2.75) is 20.0 Å². The van der Waals surface area contributed by atoms with Crippen molar-refractivity contribution < 1.29 is 13.9 Å². The first-order chi connectivity index (χ1) is 15.7. The Labute approximate surface area is 189 Å². The van der Waals surface area contributed by atoms with Crippen molar-refractivity contribution in [1.29, 1.82) is 0 Å². The third kappa shape index (κ3) is 5.81. The van der Waals surface area contributed by atoms with Gasteiger partial charge in [0.05, 0.1) is 19.8 Å². The molecule has 0 amide bonds. The third-order valence-corrected chi connectivity index (χ3v) is 5.72. The number of rotatable bonds is 8. The van der Waals surface area contributed by atoms with Gasteiger partial charge in [-0.25, -0.2) is 0 Å². The lowest BCUT2D eigenvalue weighted by atomic mass is 10.1. The van der Waals surface area contributed by atoms with E-state index in [0.29, 0.717) is 19.7 Å². The van der Waals surface area contributed by atoms with Crippen LogP contribution in [0.2, 0.25) is 0 Å². The zero-order valence-electron chi connectivity index (χ0n) is 18.9. The zero-order chi connectivity index (χ0) is 22.2. The van der Waals surface area contributed by atoms with Crippen molar-refractivity contribution in [3.8, 4) is 5.75 Å². The lowest BCUT2D eigenvalue weighted by molar-refractivity contribution is 0.0322. The zero-order valence-corrected chi connectivity index (χ0v) is 18.9. The largest absolute Gasteiger partial charge is 0.492 e. The van der Waals surface area contributed by atoms with Crippen LogP contribution in [0.5, 0.6) is 5.75 Å². The molecule has 4 rings (SSSR count). The standard InChI is InChI=1S/C25H32N4O3/c1-19-22-8-3-4-9-23(22)32-24(19)18-28-25(26-2)27-17-20-6-5-7-21(16-20)31-15-12-29-10-13-30-14-11-29/h3-9,16H,10-15,17-18H2,1-2H3,(H2,26,27,28). The number of para-hydroxylation sites is 1. The van der Waals surface area contributed by atoms with Crippen molar-refractivity contribution in [2.75, 3.05) is 46.5 Å². The van der Waals surface area contributed by atoms with E-state index in [4.69, 9.17) is 13.9 Å². The first-order valence-electron chi connectivity index (χ1n) is 11.2. The Bertz CT molecular complexity index is 1040. The molecule has 170 valence electrons. The summed E-state index contributed by atoms with van der Waals surface area (Å²) >= 11 is 0. The van der Waals surface area contributed by atoms with E-state index in [1.54, 1.807) is 7.05 Å². The van der Waals surface area contributed by atoms with Gasteiger partial charge in [-0.15, -0.1) is 0 Å². The average molecular weight is 437 g/mol. The maximum atomic E-state index is 5.98. The second-order valence-corrected chi connectivity index (χ2v) is 7.88. The van der Waals surface area contributed by atoms with Gasteiger partial charge in [0, 0.05) is 44.2 Å². The van der Waals surface area contributed by atoms with Gasteiger partial charge in [-0.1, -0.05) is 30.3 Å². The molecule has 2 N–H and O–H groups in total. The van der Waals surface area contributed by atoms with Crippen LogP contribution >= 0.6 is 0 Å². The maximum Gasteiger partial charge on any atom is 0.191 e. The van der Waals surface area contributed by atoms with Crippen LogP contribution in [0.1, 0.15) is 16.9 Å². The molecule has 0 atom stereocenters. The van der Waals surface area contributed by atoms with E-state index in [1.807, 2.05) is 30.3 Å². The molecule has 1 aromatic heterocycles. The van der Waals surface area contributed by atoms with Gasteiger partial charge in [0.25, 0.3) is 0 Å². The summed E-state index contributed by atoms with van der Waals surface area (Å²) < 4.78 is 17.3. The van der Waals surface area contributed by atoms with E-state index in [1.165, 1.54) is 0 Å². The molecule has 0 saturated carbocycles. The van der Waals surface area contributed by atoms with Gasteiger partial charge in [0.15, 0.2) is 5.96 Å². The maximum absolute atomic E-state index is 5.98. The lowest BCUT2D eigenvalue weighted by Crippen LogP contribution is -2.38. The van der Waals surface area contributed by atoms with E-state index < -0.39 is 0 Å². The molecule has 1 aliphatic heterocycles. The Hall–Kier alpha value is -3.03. The third-order valence-electron chi connectivity index (χ3n) is 5.72. The Balaban J connectivity index is 1.25. The Kier molecular flexibility index (Phi) is 7.64. The van der Waals surface area contributed by atoms with Crippen LogP contribution < -0.4 is 15.4 Å². The minimum atomic E-state index is 0.574. The number of nitrogens with zero attached hydrogens (tertiary/aromatic N) is 2. The van der Waals surface area contributed by atoms with Gasteiger partial charge < -0.3 is 24.5 Å². The molecule has 0 aliphatic carbocycles. The van der Waals surface area contributed by atoms with E-state index in [0.717, 1.165) is 72.4 Å². The van der Waals surface area contributed by atoms with Crippen LogP contribution in [0.3, 0.4) is 0 Å². The SMILES string of the molecule is CN=C(NCc1cccc(OCCN2CCOCC2)c1)NCc1oc2ccccc2c1C. The number of ether oxygens (including phenoxy) is 2. The predicted octanol–water partition coefficient (Wildman–Crippen LogP) is 3.32. The fourth-order valence-electron chi connectivity index (χ4n) is 3.83. The van der Waals surface area contributed by atoms with Gasteiger partial charge in [0.2, 0.25) is 0 Å². The highest BCUT2D eigenvalue weighted by Gasteiger charge is 2.11. The van der Waals surface area contributed by atoms with Crippen molar-refractivity contribution in [3.05, 3.63) is 65.4 Å². The van der Waals surface area contributed by atoms with Gasteiger partial charge in [-0.2, -0.15) is 0 Å². The molecule has 0 bridgehead atoms. The lowest BCUT2D eigenvalue weighted by Gasteiger charge is -2.26. The van der Waals surface area contributed by atoms with Crippen molar-refractivity contribution in [2.24, 2.45) is 4.99 Å². The van der Waals surface area contributed by atoms with Crippen LogP contribution in [0.25, 0.3) is 11.0 Å². The Morgan fingerprint density at radius 1 is 1.06 bits per heavy atom. The summed E-state index contributed by atoms with van der Waals surface area (Å²) in [5, 5.41) is 7.86. The quantitative estimate of drug-likeness (QED) is 0.417. The molecular weight excluding hydrogens is 404 g/mol. The number of morpholine rings is 1. The Morgan fingerprint density at radius 2 is 1.88 bits per heavy atom. The summed E-state index contributed by atoms with van der Waals surface area (Å²) in [6.07, 6.45) is 0. The predicted molar refractivity (Wildman–Crippen MR) is 127 cm³/mol. The number of benzene rings is 2. The molecule has 0 unspecified atom stereocenters. The molecule has 0 radical (unpaired) electrons. The summed E-state index contributed by atoms with van der Waals surface area (Å²) in [5.41, 5.74) is 3.21. The topological polar surface area (TPSA) is 71.3 Å². The number of hydrogen-bond donors (Lipinski definition) is 2. The van der Waals surface area contributed by atoms with E-state index in [9.17, 15) is 0 Å². The number of aliphatic imine (C=N–C) groups is 1. The van der Waals surface area contributed by atoms with E-state index in [2.05, 4.69) is 45.6 Å². The summed E-state index contributed by atoms with van der Waals surface area (Å²) in [7, 11) is 1.77. The molecular formula is C25H32N4O3. The van der Waals surface area contributed by atoms with Gasteiger partial charge in [0.1, 0.15) is 23.7 Å². The van der Waals surface area contributed by atoms with E-state index in [-0.39, 0.29) is 0 Å². The minimum absolute atomic E-state index is 0.574. The smallest absolute Gasteiger partial charge is 0.191 e. The molecule has 0 spiro atoms. The molecule has 32 heavy (non-hydrogen) atoms. The van der Waals surface area contributed by atoms with Crippen molar-refractivity contribution in [1.82, 2.24) is 15.5 Å². The molecule has 1 saturated heterocycles. The number of fused-ring (bicyclic) bond motifs is 1. The molecule has 1 fully saturated rings. The van der Waals surface area contributed by atoms with Gasteiger partial charge in [-0.3, -0.25) is 9.89 Å². The monoisotopic (exact) mass is 436 g/mol. The molecule has 7 nitrogen and oxygen atoms in total. The number of aryl methyl sites for hydroxylation is 1. The summed E-state index contributed by atoms with van der Waals surface area (Å²) in [6.45, 7) is 8.49. The van der Waals surface area contributed by atoms with Gasteiger partial charge in [-0.05, 0) is 30.7 Å². The number of guanidine groups is 1. The minimum Gasteiger partial charge on any atom is -0.492 e. The van der Waals surface area contributed by atoms with E-state index >= 15 is 0 Å². The number of nitrogens with one attached hydrogen (secondary N) is 2. The van der Waals surface area contributed by atoms with Crippen LogP contribution in [0, 0.1) is 6.92 Å². The van der Waals surface area contributed by atoms with Crippen LogP contribution in [-0.2, 0) is 17.8 Å². The number of furan rings is 1. The van der Waals surface area contributed by atoms with Crippen molar-refractivity contribution in [3.63, 3.8) is 0 Å². The fraction of sp³-hybridized carbons (Fsp3) is 0.400. The fourth-order valence-corrected chi connectivity index (χ4v) is 3.83. The average Bonchev–Trinajstić information content (AvgIpc) is 3.16. The van der Waals surface area contributed by atoms with Gasteiger partial charge >= 0.3 is 0 Å². The first kappa shape index (κ1) is 22.2. The molecule has 3 aromatic rings. The molecule has 7 heteroatoms. The summed E-state index contributed by atoms with van der Waals surface area (Å²) in [6, 6.07) is 16.3. The first-order valence-corrected chi connectivity index (χ1v) is 11.2. The molecule has 2 heterocycles.